The second-order valence-electron chi connectivity index (χ2n) is 6.54. The summed E-state index contributed by atoms with van der Waals surface area (Å²) in [6, 6.07) is 23.3. The first kappa shape index (κ1) is 18.3. The van der Waals surface area contributed by atoms with Crippen LogP contribution in [0.4, 0.5) is 11.4 Å². The minimum absolute atomic E-state index is 0.00973. The zero-order valence-electron chi connectivity index (χ0n) is 15.5. The first-order chi connectivity index (χ1) is 14.2. The van der Waals surface area contributed by atoms with E-state index in [-0.39, 0.29) is 18.4 Å². The van der Waals surface area contributed by atoms with Crippen molar-refractivity contribution >= 4 is 23.2 Å². The molecule has 1 aliphatic heterocycles. The van der Waals surface area contributed by atoms with Crippen LogP contribution in [0.5, 0.6) is 5.75 Å². The van der Waals surface area contributed by atoms with Gasteiger partial charge in [-0.05, 0) is 42.0 Å². The molecule has 0 saturated heterocycles. The number of nitrogens with one attached hydrogen (secondary N) is 1. The Morgan fingerprint density at radius 1 is 1.03 bits per heavy atom. The molecule has 0 aliphatic carbocycles. The largest absolute Gasteiger partial charge is 0.482 e. The predicted octanol–water partition coefficient (Wildman–Crippen LogP) is 3.74. The Hall–Kier alpha value is -4.11. The molecule has 1 heterocycles. The van der Waals surface area contributed by atoms with Gasteiger partial charge in [0.2, 0.25) is 0 Å². The van der Waals surface area contributed by atoms with Crippen LogP contribution in [0.1, 0.15) is 21.5 Å². The fourth-order valence-corrected chi connectivity index (χ4v) is 3.16. The highest BCUT2D eigenvalue weighted by atomic mass is 16.5. The molecule has 3 aromatic rings. The van der Waals surface area contributed by atoms with Crippen LogP contribution in [-0.2, 0) is 11.3 Å². The maximum atomic E-state index is 12.5. The van der Waals surface area contributed by atoms with Gasteiger partial charge in [0.05, 0.1) is 23.5 Å². The standard InChI is InChI=1S/C23H17N3O3/c24-13-18-5-1-2-6-19(18)25-23(28)17-11-9-16(10-12-17)14-26-20-7-3-4-8-21(20)29-15-22(26)27/h1-12H,14-15H2,(H,25,28). The van der Waals surface area contributed by atoms with Crippen molar-refractivity contribution in [2.24, 2.45) is 0 Å². The second-order valence-corrected chi connectivity index (χ2v) is 6.54. The monoisotopic (exact) mass is 383 g/mol. The lowest BCUT2D eigenvalue weighted by atomic mass is 10.1. The Labute approximate surface area is 168 Å². The summed E-state index contributed by atoms with van der Waals surface area (Å²) in [7, 11) is 0. The summed E-state index contributed by atoms with van der Waals surface area (Å²) < 4.78 is 5.46. The Morgan fingerprint density at radius 2 is 1.76 bits per heavy atom. The maximum Gasteiger partial charge on any atom is 0.265 e. The molecule has 0 radical (unpaired) electrons. The molecule has 0 bridgehead atoms. The molecule has 0 unspecified atom stereocenters. The summed E-state index contributed by atoms with van der Waals surface area (Å²) in [4.78, 5) is 26.5. The number of hydrogen-bond acceptors (Lipinski definition) is 4. The minimum Gasteiger partial charge on any atom is -0.482 e. The molecule has 3 aromatic carbocycles. The van der Waals surface area contributed by atoms with Crippen LogP contribution in [0.2, 0.25) is 0 Å². The summed E-state index contributed by atoms with van der Waals surface area (Å²) in [5, 5.41) is 11.9. The average molecular weight is 383 g/mol. The molecular weight excluding hydrogens is 366 g/mol. The van der Waals surface area contributed by atoms with Crippen molar-refractivity contribution in [2.75, 3.05) is 16.8 Å². The normalized spacial score (nSPS) is 12.5. The van der Waals surface area contributed by atoms with E-state index in [2.05, 4.69) is 11.4 Å². The summed E-state index contributed by atoms with van der Waals surface area (Å²) >= 11 is 0. The lowest BCUT2D eigenvalue weighted by molar-refractivity contribution is -0.121. The first-order valence-corrected chi connectivity index (χ1v) is 9.07. The Balaban J connectivity index is 1.49. The third kappa shape index (κ3) is 3.80. The van der Waals surface area contributed by atoms with Gasteiger partial charge in [-0.1, -0.05) is 36.4 Å². The van der Waals surface area contributed by atoms with Gasteiger partial charge in [0.15, 0.2) is 6.61 Å². The van der Waals surface area contributed by atoms with Gasteiger partial charge in [-0.2, -0.15) is 5.26 Å². The van der Waals surface area contributed by atoms with E-state index in [4.69, 9.17) is 10.00 Å². The molecule has 0 saturated carbocycles. The van der Waals surface area contributed by atoms with Crippen molar-refractivity contribution < 1.29 is 14.3 Å². The molecule has 0 aromatic heterocycles. The van der Waals surface area contributed by atoms with Gasteiger partial charge in [0.1, 0.15) is 11.8 Å². The van der Waals surface area contributed by atoms with Crippen molar-refractivity contribution in [2.45, 2.75) is 6.54 Å². The number of anilines is 2. The molecular formula is C23H17N3O3. The minimum atomic E-state index is -0.299. The summed E-state index contributed by atoms with van der Waals surface area (Å²) in [6.45, 7) is 0.397. The Morgan fingerprint density at radius 3 is 2.55 bits per heavy atom. The van der Waals surface area contributed by atoms with Gasteiger partial charge in [0, 0.05) is 5.56 Å². The highest BCUT2D eigenvalue weighted by Gasteiger charge is 2.25. The molecule has 29 heavy (non-hydrogen) atoms. The van der Waals surface area contributed by atoms with Gasteiger partial charge in [-0.25, -0.2) is 0 Å². The van der Waals surface area contributed by atoms with Crippen LogP contribution in [-0.4, -0.2) is 18.4 Å². The Bertz CT molecular complexity index is 1120. The molecule has 0 fully saturated rings. The van der Waals surface area contributed by atoms with Gasteiger partial charge >= 0.3 is 0 Å². The topological polar surface area (TPSA) is 82.4 Å². The van der Waals surface area contributed by atoms with Crippen LogP contribution >= 0.6 is 0 Å². The second kappa shape index (κ2) is 7.87. The van der Waals surface area contributed by atoms with E-state index in [1.165, 1.54) is 0 Å². The zero-order chi connectivity index (χ0) is 20.2. The summed E-state index contributed by atoms with van der Waals surface area (Å²) in [5.41, 5.74) is 2.97. The highest BCUT2D eigenvalue weighted by Crippen LogP contribution is 2.32. The van der Waals surface area contributed by atoms with E-state index in [1.807, 2.05) is 36.4 Å². The van der Waals surface area contributed by atoms with Gasteiger partial charge < -0.3 is 15.0 Å². The van der Waals surface area contributed by atoms with Crippen molar-refractivity contribution in [1.29, 1.82) is 5.26 Å². The number of amides is 2. The van der Waals surface area contributed by atoms with E-state index in [1.54, 1.807) is 41.3 Å². The SMILES string of the molecule is N#Cc1ccccc1NC(=O)c1ccc(CN2C(=O)COc3ccccc32)cc1. The van der Waals surface area contributed by atoms with Gasteiger partial charge in [0.25, 0.3) is 11.8 Å². The Kier molecular flexibility index (Phi) is 4.95. The van der Waals surface area contributed by atoms with Gasteiger partial charge in [-0.3, -0.25) is 9.59 Å². The number of rotatable bonds is 4. The van der Waals surface area contributed by atoms with Crippen LogP contribution in [0.25, 0.3) is 0 Å². The molecule has 1 aliphatic rings. The number of fused-ring (bicyclic) bond motifs is 1. The molecule has 0 atom stereocenters. The van der Waals surface area contributed by atoms with Crippen LogP contribution in [0.15, 0.2) is 72.8 Å². The summed E-state index contributed by atoms with van der Waals surface area (Å²) in [6.07, 6.45) is 0. The lowest BCUT2D eigenvalue weighted by Crippen LogP contribution is -2.38. The quantitative estimate of drug-likeness (QED) is 0.744. The van der Waals surface area contributed by atoms with E-state index >= 15 is 0 Å². The van der Waals surface area contributed by atoms with Gasteiger partial charge in [-0.15, -0.1) is 0 Å². The third-order valence-corrected chi connectivity index (χ3v) is 4.66. The summed E-state index contributed by atoms with van der Waals surface area (Å²) in [5.74, 6) is 0.268. The fourth-order valence-electron chi connectivity index (χ4n) is 3.16. The van der Waals surface area contributed by atoms with Crippen molar-refractivity contribution in [3.05, 3.63) is 89.5 Å². The van der Waals surface area contributed by atoms with Crippen LogP contribution < -0.4 is 15.0 Å². The van der Waals surface area contributed by atoms with Crippen molar-refractivity contribution in [1.82, 2.24) is 0 Å². The molecule has 6 nitrogen and oxygen atoms in total. The van der Waals surface area contributed by atoms with E-state index in [0.29, 0.717) is 29.1 Å². The number of para-hydroxylation sites is 3. The number of nitrogens with zero attached hydrogens (tertiary/aromatic N) is 2. The molecule has 1 N–H and O–H groups in total. The predicted molar refractivity (Wildman–Crippen MR) is 109 cm³/mol. The molecule has 142 valence electrons. The van der Waals surface area contributed by atoms with Crippen LogP contribution in [0, 0.1) is 11.3 Å². The third-order valence-electron chi connectivity index (χ3n) is 4.66. The molecule has 0 spiro atoms. The number of hydrogen-bond donors (Lipinski definition) is 1. The smallest absolute Gasteiger partial charge is 0.265 e. The lowest BCUT2D eigenvalue weighted by Gasteiger charge is -2.29. The molecule has 6 heteroatoms. The van der Waals surface area contributed by atoms with E-state index in [0.717, 1.165) is 11.3 Å². The van der Waals surface area contributed by atoms with Crippen molar-refractivity contribution in [3.63, 3.8) is 0 Å². The zero-order valence-corrected chi connectivity index (χ0v) is 15.5. The van der Waals surface area contributed by atoms with Crippen LogP contribution in [0.3, 0.4) is 0 Å². The number of ether oxygens (including phenoxy) is 1. The number of carbonyl (C=O) groups is 2. The highest BCUT2D eigenvalue weighted by molar-refractivity contribution is 6.05. The average Bonchev–Trinajstić information content (AvgIpc) is 2.76. The number of carbonyl (C=O) groups excluding carboxylic acids is 2. The number of benzene rings is 3. The fraction of sp³-hybridized carbons (Fsp3) is 0.0870. The number of nitriles is 1. The molecule has 4 rings (SSSR count). The van der Waals surface area contributed by atoms with Crippen molar-refractivity contribution in [3.8, 4) is 11.8 Å². The first-order valence-electron chi connectivity index (χ1n) is 9.07. The molecule has 2 amide bonds. The van der Waals surface area contributed by atoms with E-state index < -0.39 is 0 Å². The maximum absolute atomic E-state index is 12.5. The van der Waals surface area contributed by atoms with E-state index in [9.17, 15) is 9.59 Å².